The van der Waals surface area contributed by atoms with Gasteiger partial charge >= 0.3 is 6.55 Å². The first kappa shape index (κ1) is 11.1. The zero-order chi connectivity index (χ0) is 11.7. The van der Waals surface area contributed by atoms with E-state index >= 15 is 0 Å². The van der Waals surface area contributed by atoms with Crippen LogP contribution in [0.15, 0.2) is 30.5 Å². The topological polar surface area (TPSA) is 30.9 Å². The number of benzene rings is 1. The van der Waals surface area contributed by atoms with Gasteiger partial charge in [0.25, 0.3) is 0 Å². The highest BCUT2D eigenvalue weighted by atomic mass is 19.3. The number of aromatic nitrogens is 1. The summed E-state index contributed by atoms with van der Waals surface area (Å²) in [5, 5.41) is 0.832. The van der Waals surface area contributed by atoms with E-state index in [9.17, 15) is 8.78 Å². The van der Waals surface area contributed by atoms with Gasteiger partial charge < -0.3 is 5.73 Å². The van der Waals surface area contributed by atoms with Crippen LogP contribution < -0.4 is 5.73 Å². The smallest absolute Gasteiger partial charge is 0.319 e. The van der Waals surface area contributed by atoms with Gasteiger partial charge in [-0.1, -0.05) is 6.07 Å². The van der Waals surface area contributed by atoms with Crippen LogP contribution in [0.1, 0.15) is 19.0 Å². The number of alkyl halides is 2. The van der Waals surface area contributed by atoms with Gasteiger partial charge in [-0.2, -0.15) is 8.78 Å². The van der Waals surface area contributed by atoms with Gasteiger partial charge in [0.15, 0.2) is 0 Å². The van der Waals surface area contributed by atoms with Crippen molar-refractivity contribution in [1.82, 2.24) is 4.57 Å². The van der Waals surface area contributed by atoms with E-state index in [0.717, 1.165) is 21.9 Å². The fourth-order valence-electron chi connectivity index (χ4n) is 1.88. The molecule has 4 heteroatoms. The van der Waals surface area contributed by atoms with Gasteiger partial charge in [-0.25, -0.2) is 0 Å². The first-order valence-corrected chi connectivity index (χ1v) is 5.21. The number of hydrogen-bond acceptors (Lipinski definition) is 1. The standard InChI is InChI=1S/C12H14F2N2/c1-8(15)6-9-2-3-11-10(7-9)4-5-16(11)12(13)14/h2-5,7-8,12H,6,15H2,1H3. The van der Waals surface area contributed by atoms with Crippen molar-refractivity contribution in [1.29, 1.82) is 0 Å². The number of rotatable bonds is 3. The second-order valence-corrected chi connectivity index (χ2v) is 4.08. The summed E-state index contributed by atoms with van der Waals surface area (Å²) >= 11 is 0. The van der Waals surface area contributed by atoms with E-state index in [-0.39, 0.29) is 6.04 Å². The van der Waals surface area contributed by atoms with Gasteiger partial charge in [0.05, 0.1) is 5.52 Å². The van der Waals surface area contributed by atoms with E-state index in [2.05, 4.69) is 0 Å². The molecule has 0 bridgehead atoms. The van der Waals surface area contributed by atoms with E-state index in [1.54, 1.807) is 12.1 Å². The molecule has 1 atom stereocenters. The van der Waals surface area contributed by atoms with Crippen LogP contribution in [0.5, 0.6) is 0 Å². The van der Waals surface area contributed by atoms with Crippen LogP contribution in [0.3, 0.4) is 0 Å². The Morgan fingerprint density at radius 2 is 2.06 bits per heavy atom. The molecule has 0 spiro atoms. The lowest BCUT2D eigenvalue weighted by atomic mass is 10.1. The number of nitrogens with two attached hydrogens (primary N) is 1. The molecule has 2 N–H and O–H groups in total. The molecule has 0 aliphatic heterocycles. The highest BCUT2D eigenvalue weighted by Gasteiger charge is 2.09. The monoisotopic (exact) mass is 224 g/mol. The Labute approximate surface area is 92.7 Å². The Morgan fingerprint density at radius 3 is 2.69 bits per heavy atom. The summed E-state index contributed by atoms with van der Waals surface area (Å²) in [6.07, 6.45) is 2.17. The Morgan fingerprint density at radius 1 is 1.31 bits per heavy atom. The van der Waals surface area contributed by atoms with Crippen molar-refractivity contribution in [3.63, 3.8) is 0 Å². The van der Waals surface area contributed by atoms with Crippen LogP contribution >= 0.6 is 0 Å². The van der Waals surface area contributed by atoms with E-state index < -0.39 is 6.55 Å². The molecular weight excluding hydrogens is 210 g/mol. The Balaban J connectivity index is 2.41. The molecule has 0 saturated carbocycles. The minimum Gasteiger partial charge on any atom is -0.328 e. The lowest BCUT2D eigenvalue weighted by molar-refractivity contribution is 0.0752. The van der Waals surface area contributed by atoms with Crippen molar-refractivity contribution in [2.75, 3.05) is 0 Å². The van der Waals surface area contributed by atoms with Crippen molar-refractivity contribution in [2.24, 2.45) is 5.73 Å². The molecule has 0 radical (unpaired) electrons. The van der Waals surface area contributed by atoms with Gasteiger partial charge in [-0.15, -0.1) is 0 Å². The SMILES string of the molecule is CC(N)Cc1ccc2c(ccn2C(F)F)c1. The maximum Gasteiger partial charge on any atom is 0.319 e. The third kappa shape index (κ3) is 2.07. The molecule has 2 aromatic rings. The molecule has 0 aliphatic carbocycles. The number of fused-ring (bicyclic) bond motifs is 1. The van der Waals surface area contributed by atoms with Crippen molar-refractivity contribution in [3.8, 4) is 0 Å². The molecule has 1 heterocycles. The number of nitrogens with zero attached hydrogens (tertiary/aromatic N) is 1. The van der Waals surface area contributed by atoms with E-state index in [1.807, 2.05) is 19.1 Å². The lowest BCUT2D eigenvalue weighted by Crippen LogP contribution is -2.17. The largest absolute Gasteiger partial charge is 0.328 e. The van der Waals surface area contributed by atoms with Crippen LogP contribution in [-0.4, -0.2) is 10.6 Å². The Kier molecular flexibility index (Phi) is 2.92. The van der Waals surface area contributed by atoms with Gasteiger partial charge in [0.1, 0.15) is 0 Å². The minimum absolute atomic E-state index is 0.0784. The molecule has 86 valence electrons. The highest BCUT2D eigenvalue weighted by Crippen LogP contribution is 2.23. The fraction of sp³-hybridized carbons (Fsp3) is 0.333. The van der Waals surface area contributed by atoms with Crippen LogP contribution in [0, 0.1) is 0 Å². The Hall–Kier alpha value is -1.42. The third-order valence-corrected chi connectivity index (χ3v) is 2.55. The number of halogens is 2. The van der Waals surface area contributed by atoms with E-state index in [4.69, 9.17) is 5.73 Å². The normalized spacial score (nSPS) is 13.6. The predicted molar refractivity (Wildman–Crippen MR) is 60.5 cm³/mol. The molecule has 1 unspecified atom stereocenters. The second-order valence-electron chi connectivity index (χ2n) is 4.08. The van der Waals surface area contributed by atoms with Gasteiger partial charge in [0.2, 0.25) is 0 Å². The molecule has 0 amide bonds. The number of hydrogen-bond donors (Lipinski definition) is 1. The van der Waals surface area contributed by atoms with Crippen molar-refractivity contribution in [3.05, 3.63) is 36.0 Å². The summed E-state index contributed by atoms with van der Waals surface area (Å²) in [6.45, 7) is -0.564. The van der Waals surface area contributed by atoms with Crippen molar-refractivity contribution < 1.29 is 8.78 Å². The van der Waals surface area contributed by atoms with Crippen molar-refractivity contribution in [2.45, 2.75) is 25.9 Å². The molecule has 0 fully saturated rings. The maximum atomic E-state index is 12.6. The average Bonchev–Trinajstić information content (AvgIpc) is 2.59. The first-order valence-electron chi connectivity index (χ1n) is 5.21. The summed E-state index contributed by atoms with van der Waals surface area (Å²) < 4.78 is 26.1. The van der Waals surface area contributed by atoms with Gasteiger partial charge in [-0.3, -0.25) is 4.57 Å². The zero-order valence-electron chi connectivity index (χ0n) is 9.03. The molecule has 16 heavy (non-hydrogen) atoms. The fourth-order valence-corrected chi connectivity index (χ4v) is 1.88. The second kappa shape index (κ2) is 4.22. The van der Waals surface area contributed by atoms with Crippen LogP contribution in [0.2, 0.25) is 0 Å². The minimum atomic E-state index is -2.49. The van der Waals surface area contributed by atoms with Crippen molar-refractivity contribution >= 4 is 10.9 Å². The first-order chi connectivity index (χ1) is 7.58. The summed E-state index contributed by atoms with van der Waals surface area (Å²) in [7, 11) is 0. The van der Waals surface area contributed by atoms with Gasteiger partial charge in [-0.05, 0) is 37.1 Å². The summed E-state index contributed by atoms with van der Waals surface area (Å²) in [5.41, 5.74) is 7.33. The summed E-state index contributed by atoms with van der Waals surface area (Å²) in [4.78, 5) is 0. The maximum absolute atomic E-state index is 12.6. The van der Waals surface area contributed by atoms with Crippen LogP contribution in [0.25, 0.3) is 10.9 Å². The molecule has 0 aliphatic rings. The van der Waals surface area contributed by atoms with Crippen LogP contribution in [0.4, 0.5) is 8.78 Å². The zero-order valence-corrected chi connectivity index (χ0v) is 9.03. The Bertz CT molecular complexity index is 489. The lowest BCUT2D eigenvalue weighted by Gasteiger charge is -2.06. The van der Waals surface area contributed by atoms with E-state index in [1.165, 1.54) is 6.20 Å². The third-order valence-electron chi connectivity index (χ3n) is 2.55. The molecular formula is C12H14F2N2. The van der Waals surface area contributed by atoms with Gasteiger partial charge in [0, 0.05) is 17.6 Å². The van der Waals surface area contributed by atoms with Crippen LogP contribution in [-0.2, 0) is 6.42 Å². The molecule has 2 nitrogen and oxygen atoms in total. The molecule has 1 aromatic heterocycles. The highest BCUT2D eigenvalue weighted by molar-refractivity contribution is 5.81. The quantitative estimate of drug-likeness (QED) is 0.853. The molecule has 2 rings (SSSR count). The molecule has 0 saturated heterocycles. The predicted octanol–water partition coefficient (Wildman–Crippen LogP) is 2.93. The molecule has 1 aromatic carbocycles. The average molecular weight is 224 g/mol. The summed E-state index contributed by atoms with van der Waals surface area (Å²) in [6, 6.07) is 7.27. The summed E-state index contributed by atoms with van der Waals surface area (Å²) in [5.74, 6) is 0. The van der Waals surface area contributed by atoms with E-state index in [0.29, 0.717) is 5.52 Å².